The molecule has 122 valence electrons. The normalized spacial score (nSPS) is 17.9. The van der Waals surface area contributed by atoms with E-state index in [1.54, 1.807) is 11.3 Å². The van der Waals surface area contributed by atoms with Crippen LogP contribution in [0.2, 0.25) is 0 Å². The fraction of sp³-hybridized carbons (Fsp3) is 0.529. The van der Waals surface area contributed by atoms with Crippen LogP contribution in [0.4, 0.5) is 0 Å². The second-order valence-corrected chi connectivity index (χ2v) is 7.42. The first-order chi connectivity index (χ1) is 11.1. The van der Waals surface area contributed by atoms with Crippen molar-refractivity contribution in [2.24, 2.45) is 0 Å². The van der Waals surface area contributed by atoms with Gasteiger partial charge in [-0.05, 0) is 32.3 Å². The van der Waals surface area contributed by atoms with Crippen molar-refractivity contribution in [1.82, 2.24) is 15.0 Å². The van der Waals surface area contributed by atoms with Gasteiger partial charge in [-0.15, -0.1) is 11.3 Å². The number of hydrogen-bond acceptors (Lipinski definition) is 5. The molecule has 0 bridgehead atoms. The van der Waals surface area contributed by atoms with Crippen molar-refractivity contribution >= 4 is 17.2 Å². The van der Waals surface area contributed by atoms with Gasteiger partial charge in [-0.3, -0.25) is 9.69 Å². The molecule has 0 aromatic carbocycles. The largest absolute Gasteiger partial charge is 0.361 e. The van der Waals surface area contributed by atoms with Crippen LogP contribution in [0.3, 0.4) is 0 Å². The molecule has 2 aromatic rings. The number of thiophene rings is 1. The molecule has 1 amide bonds. The molecule has 2 aromatic heterocycles. The molecule has 4 heterocycles. The Balaban J connectivity index is 1.50. The van der Waals surface area contributed by atoms with Crippen LogP contribution in [-0.2, 0) is 19.5 Å². The molecule has 5 nitrogen and oxygen atoms in total. The molecule has 6 heteroatoms. The third-order valence-electron chi connectivity index (χ3n) is 4.96. The number of amides is 1. The average Bonchev–Trinajstić information content (AvgIpc) is 3.03. The number of fused-ring (bicyclic) bond motifs is 1. The highest BCUT2D eigenvalue weighted by molar-refractivity contribution is 7.10. The number of nitrogens with zero attached hydrogens (tertiary/aromatic N) is 3. The van der Waals surface area contributed by atoms with E-state index in [0.717, 1.165) is 62.6 Å². The van der Waals surface area contributed by atoms with Gasteiger partial charge in [0.15, 0.2) is 0 Å². The summed E-state index contributed by atoms with van der Waals surface area (Å²) in [6.45, 7) is 8.57. The van der Waals surface area contributed by atoms with E-state index in [2.05, 4.69) is 15.4 Å². The molecule has 0 radical (unpaired) electrons. The molecule has 0 N–H and O–H groups in total. The van der Waals surface area contributed by atoms with Gasteiger partial charge in [0, 0.05) is 48.5 Å². The minimum Gasteiger partial charge on any atom is -0.361 e. The number of carbonyl (C=O) groups is 1. The molecule has 1 fully saturated rings. The van der Waals surface area contributed by atoms with Gasteiger partial charge in [0.25, 0.3) is 5.91 Å². The number of aromatic nitrogens is 1. The summed E-state index contributed by atoms with van der Waals surface area (Å²) < 4.78 is 5.26. The van der Waals surface area contributed by atoms with Gasteiger partial charge in [-0.2, -0.15) is 0 Å². The van der Waals surface area contributed by atoms with Crippen LogP contribution in [0.25, 0.3) is 0 Å². The van der Waals surface area contributed by atoms with Gasteiger partial charge < -0.3 is 9.42 Å². The predicted octanol–water partition coefficient (Wildman–Crippen LogP) is 2.76. The Bertz CT molecular complexity index is 726. The van der Waals surface area contributed by atoms with Gasteiger partial charge in [-0.25, -0.2) is 0 Å². The Morgan fingerprint density at radius 2 is 2.17 bits per heavy atom. The van der Waals surface area contributed by atoms with Crippen molar-refractivity contribution in [1.29, 1.82) is 0 Å². The Hall–Kier alpha value is -1.66. The molecule has 23 heavy (non-hydrogen) atoms. The maximum absolute atomic E-state index is 12.5. The summed E-state index contributed by atoms with van der Waals surface area (Å²) in [7, 11) is 0. The summed E-state index contributed by atoms with van der Waals surface area (Å²) in [6.07, 6.45) is 2.10. The summed E-state index contributed by atoms with van der Waals surface area (Å²) in [4.78, 5) is 18.2. The van der Waals surface area contributed by atoms with Crippen LogP contribution in [0.1, 0.15) is 44.2 Å². The summed E-state index contributed by atoms with van der Waals surface area (Å²) >= 11 is 1.73. The third kappa shape index (κ3) is 2.60. The fourth-order valence-corrected chi connectivity index (χ4v) is 4.45. The van der Waals surface area contributed by atoms with Crippen molar-refractivity contribution in [3.05, 3.63) is 38.4 Å². The zero-order valence-electron chi connectivity index (χ0n) is 13.6. The number of hydrogen-bond donors (Lipinski definition) is 0. The van der Waals surface area contributed by atoms with Crippen molar-refractivity contribution in [2.75, 3.05) is 19.6 Å². The lowest BCUT2D eigenvalue weighted by Gasteiger charge is -2.32. The Morgan fingerprint density at radius 3 is 2.83 bits per heavy atom. The quantitative estimate of drug-likeness (QED) is 0.868. The summed E-state index contributed by atoms with van der Waals surface area (Å²) in [5.41, 5.74) is 4.40. The number of likely N-dealkylation sites (tertiary alicyclic amines) is 1. The van der Waals surface area contributed by atoms with E-state index in [-0.39, 0.29) is 5.91 Å². The third-order valence-corrected chi connectivity index (χ3v) is 5.98. The van der Waals surface area contributed by atoms with Crippen molar-refractivity contribution in [2.45, 2.75) is 39.8 Å². The molecule has 2 aliphatic heterocycles. The first kappa shape index (κ1) is 14.9. The molecule has 4 rings (SSSR count). The van der Waals surface area contributed by atoms with Gasteiger partial charge in [-0.1, -0.05) is 5.16 Å². The molecule has 0 spiro atoms. The van der Waals surface area contributed by atoms with Crippen LogP contribution in [-0.4, -0.2) is 40.5 Å². The molecule has 0 atom stereocenters. The lowest BCUT2D eigenvalue weighted by Crippen LogP contribution is -2.42. The number of aryl methyl sites for hydroxylation is 2. The molecule has 0 unspecified atom stereocenters. The fourth-order valence-electron chi connectivity index (χ4n) is 3.34. The smallest absolute Gasteiger partial charge is 0.254 e. The second-order valence-electron chi connectivity index (χ2n) is 6.46. The molecular weight excluding hydrogens is 310 g/mol. The number of carbonyl (C=O) groups excluding carboxylic acids is 1. The maximum Gasteiger partial charge on any atom is 0.254 e. The average molecular weight is 331 g/mol. The monoisotopic (exact) mass is 331 g/mol. The van der Waals surface area contributed by atoms with E-state index in [1.165, 1.54) is 16.0 Å². The Labute approximate surface area is 139 Å². The van der Waals surface area contributed by atoms with E-state index >= 15 is 0 Å². The van der Waals surface area contributed by atoms with E-state index in [0.29, 0.717) is 0 Å². The zero-order valence-corrected chi connectivity index (χ0v) is 14.4. The zero-order chi connectivity index (χ0) is 16.0. The number of rotatable bonds is 3. The highest BCUT2D eigenvalue weighted by atomic mass is 32.1. The molecule has 0 aliphatic carbocycles. The lowest BCUT2D eigenvalue weighted by atomic mass is 10.0. The topological polar surface area (TPSA) is 49.6 Å². The lowest BCUT2D eigenvalue weighted by molar-refractivity contribution is 0.0650. The first-order valence-electron chi connectivity index (χ1n) is 8.16. The summed E-state index contributed by atoms with van der Waals surface area (Å²) in [5, 5.41) is 6.10. The maximum atomic E-state index is 12.5. The SMILES string of the molecule is Cc1noc(C)c1CN1CCc2c(C(=O)N3CCC3)csc2C1. The molecule has 1 saturated heterocycles. The summed E-state index contributed by atoms with van der Waals surface area (Å²) in [6, 6.07) is 0. The van der Waals surface area contributed by atoms with Gasteiger partial charge in [0.2, 0.25) is 0 Å². The minimum absolute atomic E-state index is 0.230. The summed E-state index contributed by atoms with van der Waals surface area (Å²) in [5.74, 6) is 1.14. The van der Waals surface area contributed by atoms with Crippen molar-refractivity contribution < 1.29 is 9.32 Å². The van der Waals surface area contributed by atoms with Crippen LogP contribution in [0.5, 0.6) is 0 Å². The highest BCUT2D eigenvalue weighted by Gasteiger charge is 2.29. The van der Waals surface area contributed by atoms with E-state index in [4.69, 9.17) is 4.52 Å². The Kier molecular flexibility index (Phi) is 3.73. The van der Waals surface area contributed by atoms with Crippen LogP contribution in [0, 0.1) is 13.8 Å². The van der Waals surface area contributed by atoms with Crippen LogP contribution in [0.15, 0.2) is 9.90 Å². The van der Waals surface area contributed by atoms with Crippen molar-refractivity contribution in [3.8, 4) is 0 Å². The Morgan fingerprint density at radius 1 is 1.35 bits per heavy atom. The van der Waals surface area contributed by atoms with Crippen molar-refractivity contribution in [3.63, 3.8) is 0 Å². The van der Waals surface area contributed by atoms with E-state index in [9.17, 15) is 4.79 Å². The van der Waals surface area contributed by atoms with Gasteiger partial charge >= 0.3 is 0 Å². The van der Waals surface area contributed by atoms with Gasteiger partial charge in [0.05, 0.1) is 11.3 Å². The van der Waals surface area contributed by atoms with Crippen LogP contribution < -0.4 is 0 Å². The molecular formula is C17H21N3O2S. The van der Waals surface area contributed by atoms with E-state index in [1.807, 2.05) is 18.7 Å². The highest BCUT2D eigenvalue weighted by Crippen LogP contribution is 2.31. The van der Waals surface area contributed by atoms with Gasteiger partial charge in [0.1, 0.15) is 5.76 Å². The standard InChI is InChI=1S/C17H21N3O2S/c1-11-14(12(2)22-18-11)8-19-7-4-13-15(10-23-16(13)9-19)17(21)20-5-3-6-20/h10H,3-9H2,1-2H3. The van der Waals surface area contributed by atoms with Crippen LogP contribution >= 0.6 is 11.3 Å². The first-order valence-corrected chi connectivity index (χ1v) is 9.04. The van der Waals surface area contributed by atoms with E-state index < -0.39 is 0 Å². The predicted molar refractivity (Wildman–Crippen MR) is 88.6 cm³/mol. The molecule has 0 saturated carbocycles. The second kappa shape index (κ2) is 5.76. The minimum atomic E-state index is 0.230. The molecule has 2 aliphatic rings.